The van der Waals surface area contributed by atoms with Crippen LogP contribution in [0.5, 0.6) is 23.0 Å². The van der Waals surface area contributed by atoms with Gasteiger partial charge in [-0.15, -0.1) is 0 Å². The zero-order chi connectivity index (χ0) is 34.1. The summed E-state index contributed by atoms with van der Waals surface area (Å²) in [5, 5.41) is 0. The molecule has 0 aliphatic carbocycles. The Bertz CT molecular complexity index is 1650. The van der Waals surface area contributed by atoms with Gasteiger partial charge >= 0.3 is 0 Å². The summed E-state index contributed by atoms with van der Waals surface area (Å²) < 4.78 is 35.2. The lowest BCUT2D eigenvalue weighted by molar-refractivity contribution is 0.280. The first-order chi connectivity index (χ1) is 24.6. The van der Waals surface area contributed by atoms with Crippen LogP contribution >= 0.6 is 0 Å². The Morgan fingerprint density at radius 1 is 0.420 bits per heavy atom. The van der Waals surface area contributed by atoms with Crippen molar-refractivity contribution < 1.29 is 28.4 Å². The Morgan fingerprint density at radius 3 is 1.08 bits per heavy atom. The highest BCUT2D eigenvalue weighted by atomic mass is 16.6. The van der Waals surface area contributed by atoms with Gasteiger partial charge in [-0.1, -0.05) is 80.6 Å². The Hall–Kier alpha value is -4.78. The molecule has 5 aromatic carbocycles. The fourth-order valence-electron chi connectivity index (χ4n) is 6.29. The van der Waals surface area contributed by atoms with E-state index < -0.39 is 0 Å². The van der Waals surface area contributed by atoms with Crippen LogP contribution in [-0.2, 0) is 22.7 Å². The van der Waals surface area contributed by atoms with Gasteiger partial charge in [-0.3, -0.25) is 0 Å². The molecule has 5 aromatic rings. The van der Waals surface area contributed by atoms with Gasteiger partial charge in [-0.2, -0.15) is 0 Å². The lowest BCUT2D eigenvalue weighted by Crippen LogP contribution is -2.03. The zero-order valence-corrected chi connectivity index (χ0v) is 29.0. The summed E-state index contributed by atoms with van der Waals surface area (Å²) in [7, 11) is 0. The van der Waals surface area contributed by atoms with E-state index in [4.69, 9.17) is 28.4 Å². The quantitative estimate of drug-likeness (QED) is 0.0865. The van der Waals surface area contributed by atoms with E-state index in [2.05, 4.69) is 80.6 Å². The first-order valence-corrected chi connectivity index (χ1v) is 17.9. The topological polar surface area (TPSA) is 62.0 Å². The van der Waals surface area contributed by atoms with Crippen molar-refractivity contribution in [2.75, 3.05) is 13.2 Å². The van der Waals surface area contributed by atoms with Crippen molar-refractivity contribution in [2.45, 2.75) is 77.2 Å². The molecule has 7 rings (SSSR count). The average Bonchev–Trinajstić information content (AvgIpc) is 4.11. The van der Waals surface area contributed by atoms with Gasteiger partial charge in [0.05, 0.1) is 37.6 Å². The van der Waals surface area contributed by atoms with Crippen molar-refractivity contribution in [3.05, 3.63) is 132 Å². The van der Waals surface area contributed by atoms with Crippen LogP contribution in [-0.4, -0.2) is 37.6 Å². The molecule has 0 spiro atoms. The van der Waals surface area contributed by atoms with Gasteiger partial charge in [0.25, 0.3) is 0 Å². The van der Waals surface area contributed by atoms with E-state index >= 15 is 0 Å². The smallest absolute Gasteiger partial charge is 0.119 e. The maximum Gasteiger partial charge on any atom is 0.119 e. The van der Waals surface area contributed by atoms with Crippen LogP contribution in [0.15, 0.2) is 121 Å². The highest BCUT2D eigenvalue weighted by molar-refractivity contribution is 5.65. The Labute approximate surface area is 295 Å². The van der Waals surface area contributed by atoms with Crippen LogP contribution in [0.4, 0.5) is 0 Å². The lowest BCUT2D eigenvalue weighted by Gasteiger charge is -2.11. The molecule has 0 saturated carbocycles. The minimum atomic E-state index is 0.372. The molecule has 2 aliphatic heterocycles. The van der Waals surface area contributed by atoms with Crippen molar-refractivity contribution in [3.8, 4) is 45.3 Å². The van der Waals surface area contributed by atoms with Crippen LogP contribution in [0.1, 0.15) is 50.7 Å². The van der Waals surface area contributed by atoms with Gasteiger partial charge in [0.1, 0.15) is 36.2 Å². The second-order valence-corrected chi connectivity index (χ2v) is 13.0. The molecule has 6 heteroatoms. The monoisotopic (exact) mass is 670 g/mol. The van der Waals surface area contributed by atoms with E-state index in [1.54, 1.807) is 0 Å². The van der Waals surface area contributed by atoms with Crippen molar-refractivity contribution >= 4 is 0 Å². The van der Waals surface area contributed by atoms with Crippen LogP contribution in [0.2, 0.25) is 0 Å². The zero-order valence-electron chi connectivity index (χ0n) is 29.0. The van der Waals surface area contributed by atoms with Gasteiger partial charge < -0.3 is 28.4 Å². The standard InChI is InChI=1S/C44H46O6/c1-3-41-43(49-41)24-26-45-37-16-8-33(9-17-37)35-12-20-39(21-13-35)47-29-31-6-5-7-32(28-31)30-48-40-22-14-36(15-23-40)34-10-18-38(19-11-34)46-27-25-44-42(4-2)50-44/h5-23,28,41-44H,3-4,24-27,29-30H2,1-2H3. The molecule has 0 aromatic heterocycles. The molecule has 2 saturated heterocycles. The second-order valence-electron chi connectivity index (χ2n) is 13.0. The van der Waals surface area contributed by atoms with Crippen molar-refractivity contribution in [2.24, 2.45) is 0 Å². The fraction of sp³-hybridized carbons (Fsp3) is 0.318. The maximum atomic E-state index is 6.12. The number of hydrogen-bond donors (Lipinski definition) is 0. The molecule has 4 atom stereocenters. The Balaban J connectivity index is 0.836. The molecular weight excluding hydrogens is 624 g/mol. The first kappa shape index (κ1) is 33.7. The number of hydrogen-bond acceptors (Lipinski definition) is 6. The summed E-state index contributed by atoms with van der Waals surface area (Å²) in [5.74, 6) is 3.44. The third kappa shape index (κ3) is 9.26. The number of ether oxygens (including phenoxy) is 6. The van der Waals surface area contributed by atoms with Crippen LogP contribution < -0.4 is 18.9 Å². The normalized spacial score (nSPS) is 19.1. The highest BCUT2D eigenvalue weighted by Gasteiger charge is 2.37. The minimum Gasteiger partial charge on any atom is -0.493 e. The molecular formula is C44H46O6. The molecule has 258 valence electrons. The lowest BCUT2D eigenvalue weighted by atomic mass is 10.1. The van der Waals surface area contributed by atoms with Crippen molar-refractivity contribution in [3.63, 3.8) is 0 Å². The molecule has 0 N–H and O–H groups in total. The molecule has 2 fully saturated rings. The highest BCUT2D eigenvalue weighted by Crippen LogP contribution is 2.30. The van der Waals surface area contributed by atoms with Crippen LogP contribution in [0.25, 0.3) is 22.3 Å². The van der Waals surface area contributed by atoms with Gasteiger partial charge in [-0.25, -0.2) is 0 Å². The predicted octanol–water partition coefficient (Wildman–Crippen LogP) is 10.1. The van der Waals surface area contributed by atoms with E-state index in [-0.39, 0.29) is 0 Å². The molecule has 6 nitrogen and oxygen atoms in total. The molecule has 0 amide bonds. The molecule has 4 unspecified atom stereocenters. The summed E-state index contributed by atoms with van der Waals surface area (Å²) in [5.41, 5.74) is 6.75. The second kappa shape index (κ2) is 16.3. The van der Waals surface area contributed by atoms with Crippen LogP contribution in [0, 0.1) is 0 Å². The fourth-order valence-corrected chi connectivity index (χ4v) is 6.29. The largest absolute Gasteiger partial charge is 0.493 e. The molecule has 0 bridgehead atoms. The number of rotatable bonds is 18. The summed E-state index contributed by atoms with van der Waals surface area (Å²) in [6.07, 6.45) is 5.64. The number of benzene rings is 5. The van der Waals surface area contributed by atoms with Crippen LogP contribution in [0.3, 0.4) is 0 Å². The van der Waals surface area contributed by atoms with E-state index in [0.29, 0.717) is 50.8 Å². The third-order valence-corrected chi connectivity index (χ3v) is 9.41. The SMILES string of the molecule is CCC1OC1CCOc1ccc(-c2ccc(OCc3cccc(COc4ccc(-c5ccc(OCCC6OC6CC)cc5)cc4)c3)cc2)cc1. The molecule has 2 aliphatic rings. The molecule has 2 heterocycles. The summed E-state index contributed by atoms with van der Waals surface area (Å²) >= 11 is 0. The predicted molar refractivity (Wildman–Crippen MR) is 197 cm³/mol. The third-order valence-electron chi connectivity index (χ3n) is 9.41. The van der Waals surface area contributed by atoms with E-state index in [1.165, 1.54) is 0 Å². The van der Waals surface area contributed by atoms with Gasteiger partial charge in [0, 0.05) is 12.8 Å². The summed E-state index contributed by atoms with van der Waals surface area (Å²) in [4.78, 5) is 0. The van der Waals surface area contributed by atoms with Gasteiger partial charge in [-0.05, 0) is 101 Å². The van der Waals surface area contributed by atoms with E-state index in [0.717, 1.165) is 82.1 Å². The average molecular weight is 671 g/mol. The van der Waals surface area contributed by atoms with Crippen molar-refractivity contribution in [1.29, 1.82) is 0 Å². The molecule has 0 radical (unpaired) electrons. The first-order valence-electron chi connectivity index (χ1n) is 17.9. The summed E-state index contributed by atoms with van der Waals surface area (Å²) in [6.45, 7) is 6.65. The van der Waals surface area contributed by atoms with Gasteiger partial charge in [0.15, 0.2) is 0 Å². The Morgan fingerprint density at radius 2 is 0.760 bits per heavy atom. The summed E-state index contributed by atoms with van der Waals surface area (Å²) in [6, 6.07) is 41.3. The van der Waals surface area contributed by atoms with E-state index in [9.17, 15) is 0 Å². The minimum absolute atomic E-state index is 0.372. The van der Waals surface area contributed by atoms with Crippen molar-refractivity contribution in [1.82, 2.24) is 0 Å². The van der Waals surface area contributed by atoms with Gasteiger partial charge in [0.2, 0.25) is 0 Å². The maximum absolute atomic E-state index is 6.12. The molecule has 50 heavy (non-hydrogen) atoms. The Kier molecular flexibility index (Phi) is 11.0. The number of epoxide rings is 2. The van der Waals surface area contributed by atoms with E-state index in [1.807, 2.05) is 54.6 Å².